The van der Waals surface area contributed by atoms with Crippen molar-refractivity contribution < 1.29 is 4.39 Å². The Balaban J connectivity index is 3.17. The predicted molar refractivity (Wildman–Crippen MR) is 76.6 cm³/mol. The SMILES string of the molecule is CCNC(C)c1cc(F)ccc1N(CC)C(C)C. The summed E-state index contributed by atoms with van der Waals surface area (Å²) in [4.78, 5) is 2.29. The van der Waals surface area contributed by atoms with Crippen LogP contribution in [-0.2, 0) is 0 Å². The van der Waals surface area contributed by atoms with Crippen molar-refractivity contribution in [1.82, 2.24) is 5.32 Å². The van der Waals surface area contributed by atoms with Crippen molar-refractivity contribution in [1.29, 1.82) is 0 Å². The zero-order valence-corrected chi connectivity index (χ0v) is 12.1. The molecule has 1 atom stereocenters. The Hall–Kier alpha value is -1.09. The van der Waals surface area contributed by atoms with E-state index in [1.807, 2.05) is 6.07 Å². The number of rotatable bonds is 6. The van der Waals surface area contributed by atoms with Gasteiger partial charge in [-0.1, -0.05) is 6.92 Å². The average molecular weight is 252 g/mol. The number of nitrogens with zero attached hydrogens (tertiary/aromatic N) is 1. The molecular weight excluding hydrogens is 227 g/mol. The Bertz CT molecular complexity index is 377. The highest BCUT2D eigenvalue weighted by Gasteiger charge is 2.17. The molecule has 0 heterocycles. The number of anilines is 1. The van der Waals surface area contributed by atoms with Crippen LogP contribution in [-0.4, -0.2) is 19.1 Å². The van der Waals surface area contributed by atoms with Crippen molar-refractivity contribution in [2.24, 2.45) is 0 Å². The molecule has 1 unspecified atom stereocenters. The lowest BCUT2D eigenvalue weighted by Gasteiger charge is -2.31. The summed E-state index contributed by atoms with van der Waals surface area (Å²) in [5, 5.41) is 3.35. The van der Waals surface area contributed by atoms with E-state index in [0.717, 1.165) is 24.3 Å². The molecular formula is C15H25FN2. The molecule has 0 bridgehead atoms. The van der Waals surface area contributed by atoms with Crippen LogP contribution >= 0.6 is 0 Å². The maximum Gasteiger partial charge on any atom is 0.123 e. The molecule has 1 N–H and O–H groups in total. The van der Waals surface area contributed by atoms with Crippen LogP contribution in [0.4, 0.5) is 10.1 Å². The van der Waals surface area contributed by atoms with E-state index in [1.54, 1.807) is 12.1 Å². The van der Waals surface area contributed by atoms with Gasteiger partial charge >= 0.3 is 0 Å². The van der Waals surface area contributed by atoms with E-state index in [2.05, 4.69) is 44.8 Å². The molecule has 3 heteroatoms. The van der Waals surface area contributed by atoms with Gasteiger partial charge in [-0.25, -0.2) is 4.39 Å². The van der Waals surface area contributed by atoms with Gasteiger partial charge in [-0.05, 0) is 58.0 Å². The summed E-state index contributed by atoms with van der Waals surface area (Å²) in [6, 6.07) is 5.65. The van der Waals surface area contributed by atoms with Crippen molar-refractivity contribution in [2.45, 2.75) is 46.7 Å². The van der Waals surface area contributed by atoms with Gasteiger partial charge in [-0.15, -0.1) is 0 Å². The predicted octanol–water partition coefficient (Wildman–Crippen LogP) is 3.73. The van der Waals surface area contributed by atoms with Gasteiger partial charge in [-0.2, -0.15) is 0 Å². The van der Waals surface area contributed by atoms with Gasteiger partial charge in [0.05, 0.1) is 0 Å². The Morgan fingerprint density at radius 2 is 1.89 bits per heavy atom. The monoisotopic (exact) mass is 252 g/mol. The van der Waals surface area contributed by atoms with Crippen LogP contribution < -0.4 is 10.2 Å². The number of hydrogen-bond donors (Lipinski definition) is 1. The van der Waals surface area contributed by atoms with Gasteiger partial charge < -0.3 is 10.2 Å². The van der Waals surface area contributed by atoms with Crippen molar-refractivity contribution in [3.8, 4) is 0 Å². The molecule has 102 valence electrons. The second kappa shape index (κ2) is 6.74. The molecule has 0 aliphatic rings. The maximum atomic E-state index is 13.5. The standard InChI is InChI=1S/C15H25FN2/c1-6-17-12(5)14-10-13(16)8-9-15(14)18(7-2)11(3)4/h8-12,17H,6-7H2,1-5H3. The lowest BCUT2D eigenvalue weighted by molar-refractivity contribution is 0.577. The minimum Gasteiger partial charge on any atom is -0.369 e. The second-order valence-electron chi connectivity index (χ2n) is 4.86. The van der Waals surface area contributed by atoms with Crippen LogP contribution in [0.2, 0.25) is 0 Å². The lowest BCUT2D eigenvalue weighted by Crippen LogP contribution is -2.32. The first kappa shape index (κ1) is 15.0. The molecule has 0 aliphatic carbocycles. The van der Waals surface area contributed by atoms with Crippen molar-refractivity contribution in [2.75, 3.05) is 18.0 Å². The molecule has 0 saturated heterocycles. The Morgan fingerprint density at radius 1 is 1.22 bits per heavy atom. The number of nitrogens with one attached hydrogen (secondary N) is 1. The largest absolute Gasteiger partial charge is 0.369 e. The van der Waals surface area contributed by atoms with E-state index < -0.39 is 0 Å². The second-order valence-corrected chi connectivity index (χ2v) is 4.86. The minimum absolute atomic E-state index is 0.161. The fourth-order valence-electron chi connectivity index (χ4n) is 2.36. The molecule has 1 rings (SSSR count). The summed E-state index contributed by atoms with van der Waals surface area (Å²) in [5.74, 6) is -0.168. The van der Waals surface area contributed by atoms with Crippen LogP contribution in [0.25, 0.3) is 0 Å². The topological polar surface area (TPSA) is 15.3 Å². The third-order valence-corrected chi connectivity index (χ3v) is 3.24. The maximum absolute atomic E-state index is 13.5. The highest BCUT2D eigenvalue weighted by atomic mass is 19.1. The van der Waals surface area contributed by atoms with Crippen LogP contribution in [0.5, 0.6) is 0 Å². The van der Waals surface area contributed by atoms with Crippen LogP contribution in [0, 0.1) is 5.82 Å². The van der Waals surface area contributed by atoms with Gasteiger partial charge in [0.25, 0.3) is 0 Å². The molecule has 0 spiro atoms. The summed E-state index contributed by atoms with van der Waals surface area (Å²) >= 11 is 0. The Kier molecular flexibility index (Phi) is 5.60. The van der Waals surface area contributed by atoms with E-state index >= 15 is 0 Å². The van der Waals surface area contributed by atoms with Crippen LogP contribution in [0.1, 0.15) is 46.2 Å². The normalized spacial score (nSPS) is 12.8. The van der Waals surface area contributed by atoms with Gasteiger partial charge in [0.2, 0.25) is 0 Å². The molecule has 0 aromatic heterocycles. The molecule has 1 aromatic carbocycles. The van der Waals surface area contributed by atoms with Crippen molar-refractivity contribution >= 4 is 5.69 Å². The highest BCUT2D eigenvalue weighted by Crippen LogP contribution is 2.28. The number of benzene rings is 1. The molecule has 18 heavy (non-hydrogen) atoms. The fraction of sp³-hybridized carbons (Fsp3) is 0.600. The van der Waals surface area contributed by atoms with Gasteiger partial charge in [-0.3, -0.25) is 0 Å². The zero-order chi connectivity index (χ0) is 13.7. The first-order chi connectivity index (χ1) is 8.51. The molecule has 0 aliphatic heterocycles. The van der Waals surface area contributed by atoms with E-state index in [-0.39, 0.29) is 11.9 Å². The smallest absolute Gasteiger partial charge is 0.123 e. The molecule has 0 saturated carbocycles. The minimum atomic E-state index is -0.168. The van der Waals surface area contributed by atoms with Crippen molar-refractivity contribution in [3.63, 3.8) is 0 Å². The highest BCUT2D eigenvalue weighted by molar-refractivity contribution is 5.55. The zero-order valence-electron chi connectivity index (χ0n) is 12.1. The quantitative estimate of drug-likeness (QED) is 0.830. The summed E-state index contributed by atoms with van der Waals surface area (Å²) in [6.45, 7) is 12.4. The summed E-state index contributed by atoms with van der Waals surface area (Å²) in [6.07, 6.45) is 0. The molecule has 1 aromatic rings. The Morgan fingerprint density at radius 3 is 2.39 bits per heavy atom. The summed E-state index contributed by atoms with van der Waals surface area (Å²) in [5.41, 5.74) is 2.16. The molecule has 2 nitrogen and oxygen atoms in total. The van der Waals surface area contributed by atoms with E-state index in [0.29, 0.717) is 6.04 Å². The lowest BCUT2D eigenvalue weighted by atomic mass is 10.0. The van der Waals surface area contributed by atoms with Gasteiger partial charge in [0, 0.05) is 24.3 Å². The first-order valence-electron chi connectivity index (χ1n) is 6.80. The average Bonchev–Trinajstić information content (AvgIpc) is 2.31. The van der Waals surface area contributed by atoms with Crippen LogP contribution in [0.3, 0.4) is 0 Å². The molecule has 0 fully saturated rings. The van der Waals surface area contributed by atoms with Crippen molar-refractivity contribution in [3.05, 3.63) is 29.6 Å². The van der Waals surface area contributed by atoms with Crippen LogP contribution in [0.15, 0.2) is 18.2 Å². The first-order valence-corrected chi connectivity index (χ1v) is 6.80. The van der Waals surface area contributed by atoms with Gasteiger partial charge in [0.1, 0.15) is 5.82 Å². The summed E-state index contributed by atoms with van der Waals surface area (Å²) < 4.78 is 13.5. The molecule has 0 amide bonds. The summed E-state index contributed by atoms with van der Waals surface area (Å²) in [7, 11) is 0. The molecule has 0 radical (unpaired) electrons. The van der Waals surface area contributed by atoms with Gasteiger partial charge in [0.15, 0.2) is 0 Å². The van der Waals surface area contributed by atoms with E-state index in [1.165, 1.54) is 0 Å². The third-order valence-electron chi connectivity index (χ3n) is 3.24. The third kappa shape index (κ3) is 3.45. The Labute approximate surface area is 110 Å². The van der Waals surface area contributed by atoms with E-state index in [9.17, 15) is 4.39 Å². The number of hydrogen-bond acceptors (Lipinski definition) is 2. The fourth-order valence-corrected chi connectivity index (χ4v) is 2.36. The number of halogens is 1. The van der Waals surface area contributed by atoms with E-state index in [4.69, 9.17) is 0 Å².